The Bertz CT molecular complexity index is 1210. The van der Waals surface area contributed by atoms with Gasteiger partial charge < -0.3 is 30.2 Å². The molecule has 34 heavy (non-hydrogen) atoms. The second-order valence-corrected chi connectivity index (χ2v) is 8.00. The van der Waals surface area contributed by atoms with Crippen molar-refractivity contribution in [1.82, 2.24) is 9.97 Å². The second-order valence-electron chi connectivity index (χ2n) is 7.06. The van der Waals surface area contributed by atoms with E-state index < -0.39 is 6.29 Å². The number of hydrogen-bond donors (Lipinski definition) is 3. The standard InChI is InChI=1S/C21H19F2N5O5S/c1-31-10-19(30)28-17-6-12(4-5-24-17)9-25-20-16(34-11-26-20)8-18(29)27-13-2-3-14-15(7-13)33-21(22,23)32-14/h2-7,11,25H,8-10H2,1H3,(H,27,29)(H,24,28,30). The van der Waals surface area contributed by atoms with E-state index in [2.05, 4.69) is 35.4 Å². The van der Waals surface area contributed by atoms with Gasteiger partial charge in [-0.05, 0) is 29.8 Å². The maximum atomic E-state index is 13.2. The van der Waals surface area contributed by atoms with Gasteiger partial charge in [-0.1, -0.05) is 0 Å². The summed E-state index contributed by atoms with van der Waals surface area (Å²) >= 11 is 1.30. The summed E-state index contributed by atoms with van der Waals surface area (Å²) < 4.78 is 39.8. The lowest BCUT2D eigenvalue weighted by molar-refractivity contribution is -0.286. The maximum absolute atomic E-state index is 13.2. The van der Waals surface area contributed by atoms with Gasteiger partial charge in [0, 0.05) is 31.6 Å². The molecule has 1 aliphatic heterocycles. The summed E-state index contributed by atoms with van der Waals surface area (Å²) in [7, 11) is 1.43. The minimum absolute atomic E-state index is 0.0201. The lowest BCUT2D eigenvalue weighted by Crippen LogP contribution is -2.25. The number of benzene rings is 1. The minimum Gasteiger partial charge on any atom is -0.395 e. The van der Waals surface area contributed by atoms with Crippen LogP contribution in [0.3, 0.4) is 0 Å². The van der Waals surface area contributed by atoms with Crippen LogP contribution in [-0.4, -0.2) is 41.8 Å². The van der Waals surface area contributed by atoms with Gasteiger partial charge in [0.1, 0.15) is 18.2 Å². The molecule has 0 unspecified atom stereocenters. The van der Waals surface area contributed by atoms with Crippen LogP contribution in [-0.2, 0) is 27.3 Å². The highest BCUT2D eigenvalue weighted by Gasteiger charge is 2.43. The van der Waals surface area contributed by atoms with E-state index in [4.69, 9.17) is 4.74 Å². The van der Waals surface area contributed by atoms with Gasteiger partial charge in [-0.15, -0.1) is 20.1 Å². The van der Waals surface area contributed by atoms with Gasteiger partial charge in [0.2, 0.25) is 5.91 Å². The molecule has 2 amide bonds. The number of nitrogens with one attached hydrogen (secondary N) is 3. The zero-order valence-electron chi connectivity index (χ0n) is 17.8. The molecule has 0 radical (unpaired) electrons. The van der Waals surface area contributed by atoms with Crippen LogP contribution < -0.4 is 25.4 Å². The van der Waals surface area contributed by atoms with E-state index in [9.17, 15) is 18.4 Å². The molecule has 178 valence electrons. The molecule has 3 heterocycles. The number of methoxy groups -OCH3 is 1. The largest absolute Gasteiger partial charge is 0.586 e. The number of carbonyl (C=O) groups excluding carboxylic acids is 2. The maximum Gasteiger partial charge on any atom is 0.586 e. The van der Waals surface area contributed by atoms with Gasteiger partial charge in [-0.3, -0.25) is 9.59 Å². The molecule has 0 spiro atoms. The van der Waals surface area contributed by atoms with Crippen molar-refractivity contribution in [3.63, 3.8) is 0 Å². The van der Waals surface area contributed by atoms with Crippen LogP contribution in [0.4, 0.5) is 26.1 Å². The number of nitrogens with zero attached hydrogens (tertiary/aromatic N) is 2. The number of alkyl halides is 2. The summed E-state index contributed by atoms with van der Waals surface area (Å²) in [4.78, 5) is 33.2. The van der Waals surface area contributed by atoms with Crippen molar-refractivity contribution in [2.24, 2.45) is 0 Å². The first kappa shape index (κ1) is 23.3. The Balaban J connectivity index is 1.33. The number of anilines is 3. The van der Waals surface area contributed by atoms with Crippen LogP contribution >= 0.6 is 11.3 Å². The molecule has 13 heteroatoms. The van der Waals surface area contributed by atoms with Gasteiger partial charge in [0.05, 0.1) is 16.8 Å². The van der Waals surface area contributed by atoms with E-state index in [1.165, 1.54) is 36.6 Å². The summed E-state index contributed by atoms with van der Waals surface area (Å²) in [6, 6.07) is 7.50. The molecule has 0 aliphatic carbocycles. The van der Waals surface area contributed by atoms with Crippen LogP contribution in [0.2, 0.25) is 0 Å². The van der Waals surface area contributed by atoms with Crippen LogP contribution in [0, 0.1) is 0 Å². The number of fused-ring (bicyclic) bond motifs is 1. The predicted molar refractivity (Wildman–Crippen MR) is 119 cm³/mol. The van der Waals surface area contributed by atoms with Crippen LogP contribution in [0.15, 0.2) is 42.0 Å². The Hall–Kier alpha value is -3.84. The smallest absolute Gasteiger partial charge is 0.395 e. The number of ether oxygens (including phenoxy) is 3. The highest BCUT2D eigenvalue weighted by atomic mass is 32.1. The first-order valence-electron chi connectivity index (χ1n) is 9.91. The fraction of sp³-hybridized carbons (Fsp3) is 0.238. The van der Waals surface area contributed by atoms with E-state index in [0.29, 0.717) is 28.7 Å². The Morgan fingerprint density at radius 1 is 1.09 bits per heavy atom. The highest BCUT2D eigenvalue weighted by molar-refractivity contribution is 7.10. The Morgan fingerprint density at radius 2 is 1.91 bits per heavy atom. The Kier molecular flexibility index (Phi) is 6.84. The normalized spacial score (nSPS) is 13.4. The molecule has 0 bridgehead atoms. The number of carbonyl (C=O) groups is 2. The van der Waals surface area contributed by atoms with E-state index in [-0.39, 0.29) is 36.3 Å². The molecule has 4 rings (SSSR count). The monoisotopic (exact) mass is 491 g/mol. The molecule has 0 atom stereocenters. The molecule has 1 aliphatic rings. The molecule has 0 saturated heterocycles. The van der Waals surface area contributed by atoms with Gasteiger partial charge in [-0.25, -0.2) is 9.97 Å². The van der Waals surface area contributed by atoms with Crippen molar-refractivity contribution in [3.05, 3.63) is 52.5 Å². The summed E-state index contributed by atoms with van der Waals surface area (Å²) in [5, 5.41) is 8.44. The van der Waals surface area contributed by atoms with E-state index in [0.717, 1.165) is 5.56 Å². The third-order valence-electron chi connectivity index (χ3n) is 4.47. The summed E-state index contributed by atoms with van der Waals surface area (Å²) in [5.74, 6) is -0.00501. The van der Waals surface area contributed by atoms with Crippen molar-refractivity contribution in [2.75, 3.05) is 29.7 Å². The first-order chi connectivity index (χ1) is 16.3. The van der Waals surface area contributed by atoms with Crippen molar-refractivity contribution in [1.29, 1.82) is 0 Å². The molecule has 3 N–H and O–H groups in total. The van der Waals surface area contributed by atoms with Gasteiger partial charge >= 0.3 is 6.29 Å². The van der Waals surface area contributed by atoms with Crippen LogP contribution in [0.25, 0.3) is 0 Å². The van der Waals surface area contributed by atoms with Crippen LogP contribution in [0.5, 0.6) is 11.5 Å². The zero-order chi connectivity index (χ0) is 24.1. The number of aromatic nitrogens is 2. The summed E-state index contributed by atoms with van der Waals surface area (Å²) in [5.41, 5.74) is 2.74. The predicted octanol–water partition coefficient (Wildman–Crippen LogP) is 3.24. The Morgan fingerprint density at radius 3 is 2.74 bits per heavy atom. The fourth-order valence-corrected chi connectivity index (χ4v) is 3.80. The van der Waals surface area contributed by atoms with Gasteiger partial charge in [0.15, 0.2) is 11.5 Å². The topological polar surface area (TPSA) is 124 Å². The van der Waals surface area contributed by atoms with Gasteiger partial charge in [0.25, 0.3) is 5.91 Å². The van der Waals surface area contributed by atoms with Crippen LogP contribution in [0.1, 0.15) is 10.4 Å². The van der Waals surface area contributed by atoms with Crippen molar-refractivity contribution < 1.29 is 32.6 Å². The molecular weight excluding hydrogens is 472 g/mol. The van der Waals surface area contributed by atoms with Gasteiger partial charge in [-0.2, -0.15) is 0 Å². The Labute approximate surface area is 196 Å². The molecule has 10 nitrogen and oxygen atoms in total. The minimum atomic E-state index is -3.72. The average Bonchev–Trinajstić information content (AvgIpc) is 3.34. The number of rotatable bonds is 9. The molecule has 1 aromatic carbocycles. The third kappa shape index (κ3) is 5.94. The third-order valence-corrected chi connectivity index (χ3v) is 5.31. The zero-order valence-corrected chi connectivity index (χ0v) is 18.6. The van der Waals surface area contributed by atoms with Crippen molar-refractivity contribution in [3.8, 4) is 11.5 Å². The van der Waals surface area contributed by atoms with E-state index >= 15 is 0 Å². The lowest BCUT2D eigenvalue weighted by Gasteiger charge is -2.09. The van der Waals surface area contributed by atoms with E-state index in [1.807, 2.05) is 0 Å². The second kappa shape index (κ2) is 9.97. The summed E-state index contributed by atoms with van der Waals surface area (Å²) in [6.07, 6.45) is -2.14. The number of amides is 2. The SMILES string of the molecule is COCC(=O)Nc1cc(CNc2ncsc2CC(=O)Nc2ccc3c(c2)OC(F)(F)O3)ccn1. The lowest BCUT2D eigenvalue weighted by atomic mass is 10.2. The number of hydrogen-bond acceptors (Lipinski definition) is 9. The molecule has 3 aromatic rings. The fourth-order valence-electron chi connectivity index (χ4n) is 3.07. The van der Waals surface area contributed by atoms with Crippen molar-refractivity contribution in [2.45, 2.75) is 19.3 Å². The average molecular weight is 491 g/mol. The quantitative estimate of drug-likeness (QED) is 0.417. The van der Waals surface area contributed by atoms with Crippen molar-refractivity contribution >= 4 is 40.5 Å². The number of halogens is 2. The molecule has 2 aromatic heterocycles. The number of thiazole rings is 1. The molecule has 0 fully saturated rings. The molecule has 0 saturated carbocycles. The van der Waals surface area contributed by atoms with E-state index in [1.54, 1.807) is 23.8 Å². The number of pyridine rings is 1. The highest BCUT2D eigenvalue weighted by Crippen LogP contribution is 2.42. The first-order valence-corrected chi connectivity index (χ1v) is 10.8. The molecular formula is C21H19F2N5O5S. The summed E-state index contributed by atoms with van der Waals surface area (Å²) in [6.45, 7) is 0.303.